The summed E-state index contributed by atoms with van der Waals surface area (Å²) in [5.74, 6) is -0.189. The molecular formula is C41H73NO8. The Balaban J connectivity index is 2.45. The number of hydrogen-bond acceptors (Lipinski definition) is 8. The average molecular weight is 708 g/mol. The molecule has 9 nitrogen and oxygen atoms in total. The number of aliphatic hydroxyl groups excluding tert-OH is 5. The van der Waals surface area contributed by atoms with Crippen LogP contribution < -0.4 is 5.32 Å². The summed E-state index contributed by atoms with van der Waals surface area (Å²) in [5, 5.41) is 54.0. The van der Waals surface area contributed by atoms with Crippen LogP contribution in [0.15, 0.2) is 48.6 Å². The van der Waals surface area contributed by atoms with Crippen LogP contribution >= 0.6 is 0 Å². The van der Waals surface area contributed by atoms with Crippen LogP contribution in [0.2, 0.25) is 0 Å². The van der Waals surface area contributed by atoms with Gasteiger partial charge in [0.1, 0.15) is 24.4 Å². The Labute approximate surface area is 303 Å². The zero-order valence-electron chi connectivity index (χ0n) is 31.4. The van der Waals surface area contributed by atoms with Gasteiger partial charge in [0.15, 0.2) is 6.29 Å². The van der Waals surface area contributed by atoms with Crippen LogP contribution in [0.4, 0.5) is 0 Å². The fourth-order valence-corrected chi connectivity index (χ4v) is 5.97. The van der Waals surface area contributed by atoms with E-state index in [0.717, 1.165) is 57.8 Å². The third kappa shape index (κ3) is 22.9. The first kappa shape index (κ1) is 46.2. The Morgan fingerprint density at radius 3 is 1.80 bits per heavy atom. The number of hydrogen-bond donors (Lipinski definition) is 6. The van der Waals surface area contributed by atoms with Gasteiger partial charge in [0.25, 0.3) is 0 Å². The lowest BCUT2D eigenvalue weighted by atomic mass is 9.99. The van der Waals surface area contributed by atoms with Crippen LogP contribution in [0.5, 0.6) is 0 Å². The number of allylic oxidation sites excluding steroid dienone is 8. The normalized spacial score (nSPS) is 22.7. The monoisotopic (exact) mass is 708 g/mol. The zero-order valence-corrected chi connectivity index (χ0v) is 31.4. The second-order valence-corrected chi connectivity index (χ2v) is 13.7. The predicted molar refractivity (Wildman–Crippen MR) is 203 cm³/mol. The molecule has 0 saturated carbocycles. The van der Waals surface area contributed by atoms with E-state index in [2.05, 4.69) is 67.8 Å². The van der Waals surface area contributed by atoms with E-state index in [1.54, 1.807) is 0 Å². The summed E-state index contributed by atoms with van der Waals surface area (Å²) >= 11 is 0. The van der Waals surface area contributed by atoms with Crippen molar-refractivity contribution < 1.29 is 39.8 Å². The first-order chi connectivity index (χ1) is 24.3. The van der Waals surface area contributed by atoms with Crippen molar-refractivity contribution in [2.45, 2.75) is 192 Å². The van der Waals surface area contributed by atoms with Gasteiger partial charge in [0.05, 0.1) is 25.4 Å². The van der Waals surface area contributed by atoms with Crippen molar-refractivity contribution in [1.29, 1.82) is 0 Å². The molecule has 50 heavy (non-hydrogen) atoms. The summed E-state index contributed by atoms with van der Waals surface area (Å²) in [6.07, 6.45) is 31.2. The molecule has 6 N–H and O–H groups in total. The van der Waals surface area contributed by atoms with Crippen molar-refractivity contribution in [3.63, 3.8) is 0 Å². The number of carbonyl (C=O) groups excluding carboxylic acids is 1. The summed E-state index contributed by atoms with van der Waals surface area (Å²) in [6.45, 7) is 3.65. The largest absolute Gasteiger partial charge is 0.394 e. The number of unbranched alkanes of at least 4 members (excludes halogenated alkanes) is 13. The minimum absolute atomic E-state index is 0.157. The standard InChI is InChI=1S/C41H73NO8/c1-3-5-7-9-11-13-15-17-18-19-21-23-25-27-29-31-37(45)42-34(33-49-41-40(48)39(47)38(46)36(32-43)50-41)35(44)30-28-26-24-22-20-16-14-12-10-8-6-4-2/h5,7,11,13,17-18,21,23,34-36,38-41,43-44,46-48H,3-4,6,8-10,12,14-16,19-20,22,24-33H2,1-2H3,(H,42,45)/b7-5-,13-11-,18-17-,23-21-. The highest BCUT2D eigenvalue weighted by Crippen LogP contribution is 2.23. The zero-order chi connectivity index (χ0) is 36.7. The number of amides is 1. The van der Waals surface area contributed by atoms with Crippen molar-refractivity contribution in [2.75, 3.05) is 13.2 Å². The van der Waals surface area contributed by atoms with Crippen molar-refractivity contribution in [3.8, 4) is 0 Å². The van der Waals surface area contributed by atoms with Crippen LogP contribution in [0.1, 0.15) is 149 Å². The molecule has 1 aliphatic heterocycles. The molecule has 7 unspecified atom stereocenters. The second-order valence-electron chi connectivity index (χ2n) is 13.7. The van der Waals surface area contributed by atoms with Gasteiger partial charge in [-0.05, 0) is 51.4 Å². The van der Waals surface area contributed by atoms with E-state index in [4.69, 9.17) is 9.47 Å². The predicted octanol–water partition coefficient (Wildman–Crippen LogP) is 7.11. The molecule has 0 aromatic carbocycles. The molecule has 1 fully saturated rings. The number of nitrogens with one attached hydrogen (secondary N) is 1. The quantitative estimate of drug-likeness (QED) is 0.0330. The maximum atomic E-state index is 12.9. The van der Waals surface area contributed by atoms with Gasteiger partial charge in [-0.25, -0.2) is 0 Å². The number of ether oxygens (including phenoxy) is 2. The molecule has 0 aliphatic carbocycles. The maximum Gasteiger partial charge on any atom is 0.220 e. The van der Waals surface area contributed by atoms with Gasteiger partial charge in [-0.2, -0.15) is 0 Å². The van der Waals surface area contributed by atoms with Crippen LogP contribution in [0.3, 0.4) is 0 Å². The first-order valence-corrected chi connectivity index (χ1v) is 19.8. The van der Waals surface area contributed by atoms with E-state index in [0.29, 0.717) is 19.3 Å². The highest BCUT2D eigenvalue weighted by Gasteiger charge is 2.44. The molecule has 1 amide bonds. The minimum atomic E-state index is -1.56. The van der Waals surface area contributed by atoms with E-state index in [9.17, 15) is 30.3 Å². The fraction of sp³-hybridized carbons (Fsp3) is 0.780. The van der Waals surface area contributed by atoms with Gasteiger partial charge >= 0.3 is 0 Å². The number of aliphatic hydroxyl groups is 5. The summed E-state index contributed by atoms with van der Waals surface area (Å²) in [7, 11) is 0. The third-order valence-electron chi connectivity index (χ3n) is 9.20. The van der Waals surface area contributed by atoms with Crippen molar-refractivity contribution in [3.05, 3.63) is 48.6 Å². The van der Waals surface area contributed by atoms with Crippen molar-refractivity contribution >= 4 is 5.91 Å². The third-order valence-corrected chi connectivity index (χ3v) is 9.20. The number of carbonyl (C=O) groups is 1. The first-order valence-electron chi connectivity index (χ1n) is 19.8. The molecule has 7 atom stereocenters. The molecule has 1 heterocycles. The molecule has 1 rings (SSSR count). The van der Waals surface area contributed by atoms with Crippen LogP contribution in [-0.2, 0) is 14.3 Å². The van der Waals surface area contributed by atoms with Gasteiger partial charge in [-0.3, -0.25) is 4.79 Å². The molecule has 9 heteroatoms. The highest BCUT2D eigenvalue weighted by molar-refractivity contribution is 5.76. The summed E-state index contributed by atoms with van der Waals surface area (Å²) in [6, 6.07) is -0.739. The molecule has 290 valence electrons. The molecule has 0 radical (unpaired) electrons. The van der Waals surface area contributed by atoms with Crippen molar-refractivity contribution in [1.82, 2.24) is 5.32 Å². The number of rotatable bonds is 31. The molecule has 1 aliphatic rings. The van der Waals surface area contributed by atoms with Gasteiger partial charge in [-0.1, -0.05) is 140 Å². The Morgan fingerprint density at radius 2 is 1.24 bits per heavy atom. The Hall–Kier alpha value is -1.85. The van der Waals surface area contributed by atoms with Crippen LogP contribution in [0, 0.1) is 0 Å². The van der Waals surface area contributed by atoms with E-state index < -0.39 is 49.5 Å². The molecule has 0 bridgehead atoms. The lowest BCUT2D eigenvalue weighted by molar-refractivity contribution is -0.302. The van der Waals surface area contributed by atoms with Crippen LogP contribution in [-0.4, -0.2) is 87.5 Å². The minimum Gasteiger partial charge on any atom is -0.394 e. The Morgan fingerprint density at radius 1 is 0.700 bits per heavy atom. The van der Waals surface area contributed by atoms with Gasteiger partial charge in [0, 0.05) is 6.42 Å². The van der Waals surface area contributed by atoms with E-state index in [1.807, 2.05) is 0 Å². The Kier molecular flexibility index (Phi) is 29.4. The second kappa shape index (κ2) is 31.9. The lowest BCUT2D eigenvalue weighted by Gasteiger charge is -2.40. The van der Waals surface area contributed by atoms with Crippen LogP contribution in [0.25, 0.3) is 0 Å². The summed E-state index contributed by atoms with van der Waals surface area (Å²) in [5.41, 5.74) is 0. The molecule has 0 aromatic heterocycles. The molecular weight excluding hydrogens is 634 g/mol. The molecule has 1 saturated heterocycles. The van der Waals surface area contributed by atoms with Gasteiger partial charge < -0.3 is 40.3 Å². The average Bonchev–Trinajstić information content (AvgIpc) is 3.11. The summed E-state index contributed by atoms with van der Waals surface area (Å²) < 4.78 is 11.2. The van der Waals surface area contributed by atoms with Gasteiger partial charge in [-0.15, -0.1) is 0 Å². The topological polar surface area (TPSA) is 149 Å². The maximum absolute atomic E-state index is 12.9. The molecule has 0 aromatic rings. The SMILES string of the molecule is CC/C=C\C/C=C\C/C=C\C/C=C\CCCCC(=O)NC(COC1OC(CO)C(O)C(O)C1O)C(O)CCCCCCCCCCCCCC. The van der Waals surface area contributed by atoms with E-state index >= 15 is 0 Å². The van der Waals surface area contributed by atoms with E-state index in [1.165, 1.54) is 57.8 Å². The highest BCUT2D eigenvalue weighted by atomic mass is 16.7. The van der Waals surface area contributed by atoms with E-state index in [-0.39, 0.29) is 12.5 Å². The van der Waals surface area contributed by atoms with Crippen molar-refractivity contribution in [2.24, 2.45) is 0 Å². The Bertz CT molecular complexity index is 920. The molecule has 0 spiro atoms. The smallest absolute Gasteiger partial charge is 0.220 e. The lowest BCUT2D eigenvalue weighted by Crippen LogP contribution is -2.60. The summed E-state index contributed by atoms with van der Waals surface area (Å²) in [4.78, 5) is 12.9. The fourth-order valence-electron chi connectivity index (χ4n) is 5.97. The van der Waals surface area contributed by atoms with Gasteiger partial charge in [0.2, 0.25) is 5.91 Å².